The fourth-order valence-corrected chi connectivity index (χ4v) is 2.87. The van der Waals surface area contributed by atoms with E-state index < -0.39 is 0 Å². The Morgan fingerprint density at radius 3 is 2.50 bits per heavy atom. The zero-order valence-corrected chi connectivity index (χ0v) is 12.6. The number of hydrogen-bond acceptors (Lipinski definition) is 4. The maximum absolute atomic E-state index is 12.5. The second-order valence-electron chi connectivity index (χ2n) is 5.76. The summed E-state index contributed by atoms with van der Waals surface area (Å²) in [6, 6.07) is 7.37. The number of rotatable bonds is 3. The van der Waals surface area contributed by atoms with Gasteiger partial charge in [0, 0.05) is 18.7 Å². The topological polar surface area (TPSA) is 71.2 Å². The molecule has 0 aliphatic carbocycles. The van der Waals surface area contributed by atoms with Crippen LogP contribution in [0.5, 0.6) is 0 Å². The molecule has 1 amide bonds. The Morgan fingerprint density at radius 2 is 1.95 bits per heavy atom. The highest BCUT2D eigenvalue weighted by Crippen LogP contribution is 2.22. The normalized spacial score (nSPS) is 17.5. The van der Waals surface area contributed by atoms with Crippen molar-refractivity contribution in [2.75, 3.05) is 13.1 Å². The van der Waals surface area contributed by atoms with E-state index in [1.165, 1.54) is 0 Å². The lowest BCUT2D eigenvalue weighted by Gasteiger charge is -2.33. The fraction of sp³-hybridized carbons (Fsp3) is 0.438. The molecule has 1 aliphatic rings. The molecule has 1 saturated heterocycles. The average molecular weight is 300 g/mol. The quantitative estimate of drug-likeness (QED) is 0.932. The Labute approximate surface area is 129 Å². The third-order valence-corrected chi connectivity index (χ3v) is 4.31. The van der Waals surface area contributed by atoms with Crippen molar-refractivity contribution in [1.82, 2.24) is 19.9 Å². The molecule has 1 atom stereocenters. The molecule has 0 saturated carbocycles. The van der Waals surface area contributed by atoms with Gasteiger partial charge >= 0.3 is 0 Å². The van der Waals surface area contributed by atoms with Gasteiger partial charge in [0.05, 0.1) is 24.2 Å². The van der Waals surface area contributed by atoms with E-state index in [-0.39, 0.29) is 12.0 Å². The fourth-order valence-electron chi connectivity index (χ4n) is 2.87. The van der Waals surface area contributed by atoms with Crippen LogP contribution in [0.4, 0.5) is 0 Å². The smallest absolute Gasteiger partial charge is 0.253 e. The predicted octanol–water partition coefficient (Wildman–Crippen LogP) is 1.50. The van der Waals surface area contributed by atoms with Gasteiger partial charge in [0.15, 0.2) is 0 Å². The van der Waals surface area contributed by atoms with Gasteiger partial charge in [-0.2, -0.15) is 0 Å². The van der Waals surface area contributed by atoms with Crippen LogP contribution in [-0.2, 0) is 0 Å². The molecular weight excluding hydrogens is 280 g/mol. The summed E-state index contributed by atoms with van der Waals surface area (Å²) in [5.41, 5.74) is 1.56. The van der Waals surface area contributed by atoms with Crippen molar-refractivity contribution in [3.63, 3.8) is 0 Å². The van der Waals surface area contributed by atoms with Gasteiger partial charge in [0.2, 0.25) is 0 Å². The molecule has 1 N–H and O–H groups in total. The van der Waals surface area contributed by atoms with Crippen molar-refractivity contribution < 1.29 is 9.90 Å². The van der Waals surface area contributed by atoms with Crippen LogP contribution in [0, 0.1) is 5.92 Å². The standard InChI is InChI=1S/C16H20N4O2/c1-12(21)13-6-9-19(10-7-13)16(22)14-2-4-15(5-3-14)20-11-8-17-18-20/h2-5,8,11-13,21H,6-7,9-10H2,1H3. The van der Waals surface area contributed by atoms with E-state index in [4.69, 9.17) is 0 Å². The Balaban J connectivity index is 1.66. The first kappa shape index (κ1) is 14.7. The molecule has 1 aromatic carbocycles. The average Bonchev–Trinajstić information content (AvgIpc) is 3.09. The van der Waals surface area contributed by atoms with Crippen LogP contribution >= 0.6 is 0 Å². The summed E-state index contributed by atoms with van der Waals surface area (Å²) in [6.07, 6.45) is 4.81. The van der Waals surface area contributed by atoms with E-state index in [2.05, 4.69) is 10.3 Å². The van der Waals surface area contributed by atoms with Crippen LogP contribution in [-0.4, -0.2) is 50.1 Å². The first-order chi connectivity index (χ1) is 10.6. The number of likely N-dealkylation sites (tertiary alicyclic amines) is 1. The molecule has 1 aliphatic heterocycles. The second kappa shape index (κ2) is 6.27. The number of piperidine rings is 1. The van der Waals surface area contributed by atoms with Gasteiger partial charge < -0.3 is 10.0 Å². The predicted molar refractivity (Wildman–Crippen MR) is 81.7 cm³/mol. The molecule has 22 heavy (non-hydrogen) atoms. The van der Waals surface area contributed by atoms with E-state index in [1.807, 2.05) is 36.1 Å². The molecule has 2 aromatic rings. The number of aromatic nitrogens is 3. The number of amides is 1. The maximum atomic E-state index is 12.5. The van der Waals surface area contributed by atoms with Crippen LogP contribution < -0.4 is 0 Å². The molecule has 3 rings (SSSR count). The lowest BCUT2D eigenvalue weighted by molar-refractivity contribution is 0.0521. The first-order valence-corrected chi connectivity index (χ1v) is 7.59. The summed E-state index contributed by atoms with van der Waals surface area (Å²) in [7, 11) is 0. The highest BCUT2D eigenvalue weighted by Gasteiger charge is 2.25. The number of benzene rings is 1. The van der Waals surface area contributed by atoms with Crippen molar-refractivity contribution in [1.29, 1.82) is 0 Å². The lowest BCUT2D eigenvalue weighted by Crippen LogP contribution is -2.40. The maximum Gasteiger partial charge on any atom is 0.253 e. The van der Waals surface area contributed by atoms with Gasteiger partial charge in [0.25, 0.3) is 5.91 Å². The molecule has 0 radical (unpaired) electrons. The van der Waals surface area contributed by atoms with Gasteiger partial charge in [-0.15, -0.1) is 5.10 Å². The highest BCUT2D eigenvalue weighted by atomic mass is 16.3. The van der Waals surface area contributed by atoms with Gasteiger partial charge in [-0.05, 0) is 49.9 Å². The zero-order chi connectivity index (χ0) is 15.5. The minimum absolute atomic E-state index is 0.0502. The zero-order valence-electron chi connectivity index (χ0n) is 12.6. The van der Waals surface area contributed by atoms with Crippen LogP contribution in [0.1, 0.15) is 30.1 Å². The largest absolute Gasteiger partial charge is 0.393 e. The lowest BCUT2D eigenvalue weighted by atomic mass is 9.92. The molecule has 6 heteroatoms. The summed E-state index contributed by atoms with van der Waals surface area (Å²) in [5, 5.41) is 17.3. The molecule has 1 unspecified atom stereocenters. The van der Waals surface area contributed by atoms with E-state index in [9.17, 15) is 9.90 Å². The van der Waals surface area contributed by atoms with Gasteiger partial charge in [-0.1, -0.05) is 5.21 Å². The van der Waals surface area contributed by atoms with Crippen molar-refractivity contribution in [3.05, 3.63) is 42.2 Å². The summed E-state index contributed by atoms with van der Waals surface area (Å²) in [4.78, 5) is 14.4. The number of aliphatic hydroxyl groups excluding tert-OH is 1. The van der Waals surface area contributed by atoms with Crippen LogP contribution in [0.15, 0.2) is 36.7 Å². The minimum Gasteiger partial charge on any atom is -0.393 e. The van der Waals surface area contributed by atoms with Gasteiger partial charge in [0.1, 0.15) is 0 Å². The number of carbonyl (C=O) groups is 1. The first-order valence-electron chi connectivity index (χ1n) is 7.59. The molecule has 2 heterocycles. The highest BCUT2D eigenvalue weighted by molar-refractivity contribution is 5.94. The van der Waals surface area contributed by atoms with Crippen LogP contribution in [0.25, 0.3) is 5.69 Å². The van der Waals surface area contributed by atoms with Crippen molar-refractivity contribution >= 4 is 5.91 Å². The Hall–Kier alpha value is -2.21. The SMILES string of the molecule is CC(O)C1CCN(C(=O)c2ccc(-n3ccnn3)cc2)CC1. The van der Waals surface area contributed by atoms with E-state index in [0.717, 1.165) is 18.5 Å². The number of hydrogen-bond donors (Lipinski definition) is 1. The molecule has 0 bridgehead atoms. The van der Waals surface area contributed by atoms with Crippen LogP contribution in [0.3, 0.4) is 0 Å². The molecule has 116 valence electrons. The Bertz CT molecular complexity index is 614. The Morgan fingerprint density at radius 1 is 1.27 bits per heavy atom. The monoisotopic (exact) mass is 300 g/mol. The molecular formula is C16H20N4O2. The number of carbonyl (C=O) groups excluding carboxylic acids is 1. The number of nitrogens with zero attached hydrogens (tertiary/aromatic N) is 4. The van der Waals surface area contributed by atoms with E-state index in [1.54, 1.807) is 17.1 Å². The molecule has 6 nitrogen and oxygen atoms in total. The summed E-state index contributed by atoms with van der Waals surface area (Å²) in [5.74, 6) is 0.355. The van der Waals surface area contributed by atoms with Crippen LogP contribution in [0.2, 0.25) is 0 Å². The van der Waals surface area contributed by atoms with Gasteiger partial charge in [-0.25, -0.2) is 4.68 Å². The third kappa shape index (κ3) is 3.01. The summed E-state index contributed by atoms with van der Waals surface area (Å²) in [6.45, 7) is 3.24. The van der Waals surface area contributed by atoms with Crippen molar-refractivity contribution in [2.45, 2.75) is 25.9 Å². The summed E-state index contributed by atoms with van der Waals surface area (Å²) >= 11 is 0. The van der Waals surface area contributed by atoms with E-state index >= 15 is 0 Å². The summed E-state index contributed by atoms with van der Waals surface area (Å²) < 4.78 is 1.66. The molecule has 1 aromatic heterocycles. The molecule has 1 fully saturated rings. The minimum atomic E-state index is -0.292. The van der Waals surface area contributed by atoms with Crippen molar-refractivity contribution in [2.24, 2.45) is 5.92 Å². The van der Waals surface area contributed by atoms with Gasteiger partial charge in [-0.3, -0.25) is 4.79 Å². The second-order valence-corrected chi connectivity index (χ2v) is 5.76. The Kier molecular flexibility index (Phi) is 4.20. The molecule has 0 spiro atoms. The third-order valence-electron chi connectivity index (χ3n) is 4.31. The van der Waals surface area contributed by atoms with Crippen molar-refractivity contribution in [3.8, 4) is 5.69 Å². The van der Waals surface area contributed by atoms with E-state index in [0.29, 0.717) is 24.6 Å². The number of aliphatic hydroxyl groups is 1.